The Kier molecular flexibility index (Phi) is 4.85. The highest BCUT2D eigenvalue weighted by molar-refractivity contribution is 5.98. The van der Waals surface area contributed by atoms with E-state index in [1.165, 1.54) is 0 Å². The second-order valence-corrected chi connectivity index (χ2v) is 6.54. The van der Waals surface area contributed by atoms with Gasteiger partial charge in [0.1, 0.15) is 5.75 Å². The monoisotopic (exact) mass is 335 g/mol. The summed E-state index contributed by atoms with van der Waals surface area (Å²) in [6, 6.07) is 3.39. The largest absolute Gasteiger partial charge is 0.496 e. The van der Waals surface area contributed by atoms with Crippen molar-refractivity contribution >= 4 is 5.91 Å². The van der Waals surface area contributed by atoms with Crippen molar-refractivity contribution < 1.29 is 23.7 Å². The van der Waals surface area contributed by atoms with E-state index in [1.807, 2.05) is 4.90 Å². The summed E-state index contributed by atoms with van der Waals surface area (Å²) in [5.41, 5.74) is 0.626. The molecule has 24 heavy (non-hydrogen) atoms. The molecule has 2 saturated heterocycles. The Morgan fingerprint density at radius 2 is 1.79 bits per heavy atom. The maximum absolute atomic E-state index is 13.0. The lowest BCUT2D eigenvalue weighted by Gasteiger charge is -2.33. The smallest absolute Gasteiger partial charge is 0.257 e. The van der Waals surface area contributed by atoms with Crippen molar-refractivity contribution in [3.8, 4) is 17.2 Å². The van der Waals surface area contributed by atoms with Crippen LogP contribution in [0.2, 0.25) is 0 Å². The minimum atomic E-state index is -0.0322. The van der Waals surface area contributed by atoms with Gasteiger partial charge in [-0.2, -0.15) is 0 Å². The van der Waals surface area contributed by atoms with Gasteiger partial charge < -0.3 is 23.8 Å². The van der Waals surface area contributed by atoms with Crippen LogP contribution in [0.3, 0.4) is 0 Å². The molecule has 1 unspecified atom stereocenters. The number of hydrogen-bond acceptors (Lipinski definition) is 5. The molecule has 3 rings (SSSR count). The van der Waals surface area contributed by atoms with Crippen molar-refractivity contribution in [3.05, 3.63) is 17.7 Å². The number of methoxy groups -OCH3 is 3. The number of hydrogen-bond donors (Lipinski definition) is 0. The summed E-state index contributed by atoms with van der Waals surface area (Å²) in [4.78, 5) is 14.9. The molecule has 1 spiro atoms. The van der Waals surface area contributed by atoms with Crippen molar-refractivity contribution in [1.29, 1.82) is 0 Å². The molecule has 1 atom stereocenters. The van der Waals surface area contributed by atoms with Gasteiger partial charge in [0.15, 0.2) is 11.5 Å². The highest BCUT2D eigenvalue weighted by Crippen LogP contribution is 2.40. The standard InChI is InChI=1S/C18H25NO5/c1-21-14-10-16(23-3)15(22-2)9-13(14)17(20)19-7-6-18(11-19)5-4-8-24-12-18/h9-10H,4-8,11-12H2,1-3H3. The van der Waals surface area contributed by atoms with E-state index >= 15 is 0 Å². The van der Waals surface area contributed by atoms with Crippen LogP contribution in [0.1, 0.15) is 29.6 Å². The Bertz CT molecular complexity index is 610. The van der Waals surface area contributed by atoms with E-state index in [9.17, 15) is 4.79 Å². The normalized spacial score (nSPS) is 23.4. The summed E-state index contributed by atoms with van der Waals surface area (Å²) in [6.07, 6.45) is 3.19. The molecule has 6 heteroatoms. The van der Waals surface area contributed by atoms with Gasteiger partial charge in [0.05, 0.1) is 33.5 Å². The highest BCUT2D eigenvalue weighted by Gasteiger charge is 2.42. The Labute approximate surface area is 142 Å². The maximum Gasteiger partial charge on any atom is 0.257 e. The number of carbonyl (C=O) groups is 1. The van der Waals surface area contributed by atoms with Gasteiger partial charge in [-0.1, -0.05) is 0 Å². The van der Waals surface area contributed by atoms with Gasteiger partial charge in [0.2, 0.25) is 0 Å². The summed E-state index contributed by atoms with van der Waals surface area (Å²) in [7, 11) is 4.67. The third-order valence-electron chi connectivity index (χ3n) is 5.07. The number of carbonyl (C=O) groups excluding carboxylic acids is 1. The highest BCUT2D eigenvalue weighted by atomic mass is 16.5. The first-order chi connectivity index (χ1) is 11.6. The van der Waals surface area contributed by atoms with Crippen molar-refractivity contribution in [3.63, 3.8) is 0 Å². The average molecular weight is 335 g/mol. The van der Waals surface area contributed by atoms with E-state index in [4.69, 9.17) is 18.9 Å². The van der Waals surface area contributed by atoms with E-state index in [0.29, 0.717) is 22.8 Å². The zero-order valence-corrected chi connectivity index (χ0v) is 14.6. The molecule has 2 aliphatic rings. The predicted molar refractivity (Wildman–Crippen MR) is 89.1 cm³/mol. The minimum Gasteiger partial charge on any atom is -0.496 e. The molecule has 132 valence electrons. The first-order valence-corrected chi connectivity index (χ1v) is 8.29. The van der Waals surface area contributed by atoms with Gasteiger partial charge in [-0.25, -0.2) is 0 Å². The Hall–Kier alpha value is -1.95. The van der Waals surface area contributed by atoms with Crippen LogP contribution in [0.25, 0.3) is 0 Å². The molecule has 0 radical (unpaired) electrons. The first-order valence-electron chi connectivity index (χ1n) is 8.29. The minimum absolute atomic E-state index is 0.0322. The first kappa shape index (κ1) is 16.9. The van der Waals surface area contributed by atoms with Gasteiger partial charge in [-0.15, -0.1) is 0 Å². The van der Waals surface area contributed by atoms with E-state index in [2.05, 4.69) is 0 Å². The topological polar surface area (TPSA) is 57.2 Å². The molecule has 0 N–H and O–H groups in total. The number of benzene rings is 1. The number of nitrogens with zero attached hydrogens (tertiary/aromatic N) is 1. The zero-order valence-electron chi connectivity index (χ0n) is 14.6. The summed E-state index contributed by atoms with van der Waals surface area (Å²) in [5, 5.41) is 0. The lowest BCUT2D eigenvalue weighted by atomic mass is 9.82. The molecule has 2 fully saturated rings. The van der Waals surface area contributed by atoms with Gasteiger partial charge in [0.25, 0.3) is 5.91 Å². The van der Waals surface area contributed by atoms with Gasteiger partial charge in [-0.3, -0.25) is 4.79 Å². The van der Waals surface area contributed by atoms with Crippen molar-refractivity contribution in [2.75, 3.05) is 47.6 Å². The SMILES string of the molecule is COc1cc(OC)c(C(=O)N2CCC3(CCCOC3)C2)cc1OC. The quantitative estimate of drug-likeness (QED) is 0.845. The Morgan fingerprint density at radius 1 is 1.08 bits per heavy atom. The fourth-order valence-electron chi connectivity index (χ4n) is 3.71. The predicted octanol–water partition coefficient (Wildman–Crippen LogP) is 2.36. The van der Waals surface area contributed by atoms with Crippen LogP contribution in [0, 0.1) is 5.41 Å². The summed E-state index contributed by atoms with van der Waals surface area (Å²) >= 11 is 0. The van der Waals surface area contributed by atoms with Crippen LogP contribution in [-0.4, -0.2) is 58.4 Å². The molecule has 0 bridgehead atoms. The lowest BCUT2D eigenvalue weighted by Crippen LogP contribution is -2.37. The number of ether oxygens (including phenoxy) is 4. The third-order valence-corrected chi connectivity index (χ3v) is 5.07. The van der Waals surface area contributed by atoms with Crippen molar-refractivity contribution in [2.45, 2.75) is 19.3 Å². The molecule has 2 heterocycles. The second-order valence-electron chi connectivity index (χ2n) is 6.54. The molecule has 0 aliphatic carbocycles. The summed E-state index contributed by atoms with van der Waals surface area (Å²) in [6.45, 7) is 3.07. The van der Waals surface area contributed by atoms with E-state index in [1.54, 1.807) is 33.5 Å². The second kappa shape index (κ2) is 6.89. The van der Waals surface area contributed by atoms with Gasteiger partial charge in [-0.05, 0) is 19.3 Å². The maximum atomic E-state index is 13.0. The Balaban J connectivity index is 1.84. The molecular weight excluding hydrogens is 310 g/mol. The van der Waals surface area contributed by atoms with Crippen LogP contribution in [0.5, 0.6) is 17.2 Å². The molecule has 1 amide bonds. The fourth-order valence-corrected chi connectivity index (χ4v) is 3.71. The molecule has 6 nitrogen and oxygen atoms in total. The van der Waals surface area contributed by atoms with E-state index < -0.39 is 0 Å². The van der Waals surface area contributed by atoms with Crippen LogP contribution in [0.4, 0.5) is 0 Å². The number of amides is 1. The lowest BCUT2D eigenvalue weighted by molar-refractivity contribution is -0.00161. The molecule has 2 aliphatic heterocycles. The number of likely N-dealkylation sites (tertiary alicyclic amines) is 1. The van der Waals surface area contributed by atoms with E-state index in [-0.39, 0.29) is 11.3 Å². The molecule has 1 aromatic rings. The van der Waals surface area contributed by atoms with Crippen LogP contribution in [-0.2, 0) is 4.74 Å². The molecule has 0 saturated carbocycles. The molecular formula is C18H25NO5. The van der Waals surface area contributed by atoms with Crippen LogP contribution in [0.15, 0.2) is 12.1 Å². The van der Waals surface area contributed by atoms with Gasteiger partial charge >= 0.3 is 0 Å². The van der Waals surface area contributed by atoms with Crippen molar-refractivity contribution in [1.82, 2.24) is 4.90 Å². The van der Waals surface area contributed by atoms with Crippen LogP contribution < -0.4 is 14.2 Å². The van der Waals surface area contributed by atoms with Gasteiger partial charge in [0, 0.05) is 37.2 Å². The summed E-state index contributed by atoms with van der Waals surface area (Å²) < 4.78 is 21.7. The molecule has 1 aromatic carbocycles. The zero-order chi connectivity index (χ0) is 17.2. The average Bonchev–Trinajstić information content (AvgIpc) is 3.03. The number of rotatable bonds is 4. The van der Waals surface area contributed by atoms with E-state index in [0.717, 1.165) is 45.6 Å². The molecule has 0 aromatic heterocycles. The van der Waals surface area contributed by atoms with Crippen molar-refractivity contribution in [2.24, 2.45) is 5.41 Å². The summed E-state index contributed by atoms with van der Waals surface area (Å²) in [5.74, 6) is 1.54. The fraction of sp³-hybridized carbons (Fsp3) is 0.611. The van der Waals surface area contributed by atoms with Crippen LogP contribution >= 0.6 is 0 Å². The Morgan fingerprint density at radius 3 is 2.42 bits per heavy atom. The third kappa shape index (κ3) is 3.02.